The number of carbonyl (C=O) groups excluding carboxylic acids is 6. The maximum Gasteiger partial charge on any atom is 0.246 e. The molecule has 14 nitrogen and oxygen atoms in total. The van der Waals surface area contributed by atoms with Crippen molar-refractivity contribution >= 4 is 35.4 Å². The summed E-state index contributed by atoms with van der Waals surface area (Å²) in [5.41, 5.74) is 2.80. The third-order valence-electron chi connectivity index (χ3n) is 9.27. The first-order valence-electron chi connectivity index (χ1n) is 17.7. The Morgan fingerprint density at radius 3 is 2.32 bits per heavy atom. The SMILES string of the molecule is COCCNC(=O)[C@@H]1Cc2ccccc2CNC(=O)/C=C/C(=O)N2CCC[C@H](C2)C(=O)N[C@@H](Cc2ccco2)C(=O)NCc2ccccc2CC(=O)N1. The highest BCUT2D eigenvalue weighted by Crippen LogP contribution is 2.19. The lowest BCUT2D eigenvalue weighted by molar-refractivity contribution is -0.135. The van der Waals surface area contributed by atoms with Crippen molar-refractivity contribution < 1.29 is 37.9 Å². The molecule has 0 saturated carbocycles. The van der Waals surface area contributed by atoms with E-state index in [1.807, 2.05) is 24.3 Å². The molecule has 0 aliphatic carbocycles. The van der Waals surface area contributed by atoms with Crippen LogP contribution in [0.3, 0.4) is 0 Å². The first-order valence-corrected chi connectivity index (χ1v) is 17.7. The lowest BCUT2D eigenvalue weighted by Gasteiger charge is -2.32. The maximum atomic E-state index is 13.6. The van der Waals surface area contributed by atoms with Crippen molar-refractivity contribution in [3.8, 4) is 0 Å². The molecular weight excluding hydrogens is 680 g/mol. The third-order valence-corrected chi connectivity index (χ3v) is 9.27. The molecule has 5 N–H and O–H groups in total. The van der Waals surface area contributed by atoms with Crippen LogP contribution >= 0.6 is 0 Å². The Balaban J connectivity index is 1.42. The number of furan rings is 1. The minimum absolute atomic E-state index is 0.0681. The molecule has 2 aromatic carbocycles. The molecule has 2 aliphatic heterocycles. The van der Waals surface area contributed by atoms with Gasteiger partial charge in [0.1, 0.15) is 17.8 Å². The van der Waals surface area contributed by atoms with Crippen LogP contribution in [-0.4, -0.2) is 85.8 Å². The zero-order chi connectivity index (χ0) is 37.6. The summed E-state index contributed by atoms with van der Waals surface area (Å²) in [4.78, 5) is 81.5. The predicted octanol–water partition coefficient (Wildman–Crippen LogP) is 1.08. The second-order valence-electron chi connectivity index (χ2n) is 13.1. The summed E-state index contributed by atoms with van der Waals surface area (Å²) in [7, 11) is 1.52. The fourth-order valence-corrected chi connectivity index (χ4v) is 6.40. The van der Waals surface area contributed by atoms with Gasteiger partial charge >= 0.3 is 0 Å². The van der Waals surface area contributed by atoms with Crippen LogP contribution in [0.25, 0.3) is 0 Å². The lowest BCUT2D eigenvalue weighted by atomic mass is 9.96. The van der Waals surface area contributed by atoms with Gasteiger partial charge in [-0.05, 0) is 47.2 Å². The van der Waals surface area contributed by atoms with Crippen LogP contribution in [0, 0.1) is 5.92 Å². The number of benzene rings is 2. The number of carbonyl (C=O) groups is 6. The molecule has 1 aromatic heterocycles. The summed E-state index contributed by atoms with van der Waals surface area (Å²) in [5.74, 6) is -2.60. The molecule has 6 amide bonds. The largest absolute Gasteiger partial charge is 0.469 e. The highest BCUT2D eigenvalue weighted by molar-refractivity contribution is 5.97. The smallest absolute Gasteiger partial charge is 0.246 e. The number of hydrogen-bond donors (Lipinski definition) is 5. The monoisotopic (exact) mass is 726 g/mol. The third kappa shape index (κ3) is 11.4. The highest BCUT2D eigenvalue weighted by Gasteiger charge is 2.31. The van der Waals surface area contributed by atoms with Gasteiger partial charge in [0, 0.05) is 64.8 Å². The zero-order valence-corrected chi connectivity index (χ0v) is 29.7. The summed E-state index contributed by atoms with van der Waals surface area (Å²) in [6.45, 7) is 1.28. The van der Waals surface area contributed by atoms with Gasteiger partial charge < -0.3 is 40.6 Å². The molecule has 280 valence electrons. The minimum atomic E-state index is -0.982. The standard InChI is InChI=1S/C39H46N6O8/c1-52-19-16-40-38(50)32-20-26-8-2-4-10-28(26)23-41-34(46)14-15-36(48)45-17-6-12-30(25-45)37(49)44-33(22-31-13-7-18-53-31)39(51)42-24-29-11-5-3-9-27(29)21-35(47)43-32/h2-5,7-11,13-15,18,30,32-33H,6,12,16-17,19-25H2,1H3,(H,40,50)(H,41,46)(H,42,51)(H,43,47)(H,44,49)/b15-14+/t30-,32+,33+/m1/s1. The topological polar surface area (TPSA) is 188 Å². The zero-order valence-electron chi connectivity index (χ0n) is 29.7. The Morgan fingerprint density at radius 1 is 0.868 bits per heavy atom. The van der Waals surface area contributed by atoms with Gasteiger partial charge in [0.15, 0.2) is 0 Å². The van der Waals surface area contributed by atoms with E-state index in [1.165, 1.54) is 24.3 Å². The summed E-state index contributed by atoms with van der Waals surface area (Å²) in [6, 6.07) is 15.9. The summed E-state index contributed by atoms with van der Waals surface area (Å²) in [6.07, 6.45) is 5.09. The maximum absolute atomic E-state index is 13.6. The van der Waals surface area contributed by atoms with E-state index in [9.17, 15) is 28.8 Å². The van der Waals surface area contributed by atoms with Gasteiger partial charge in [-0.15, -0.1) is 0 Å². The van der Waals surface area contributed by atoms with E-state index in [4.69, 9.17) is 9.15 Å². The van der Waals surface area contributed by atoms with Crippen molar-refractivity contribution in [2.45, 2.75) is 57.3 Å². The van der Waals surface area contributed by atoms with Crippen molar-refractivity contribution in [2.75, 3.05) is 33.4 Å². The van der Waals surface area contributed by atoms with E-state index in [-0.39, 0.29) is 58.0 Å². The Hall–Kier alpha value is -5.76. The average Bonchev–Trinajstić information content (AvgIpc) is 3.68. The number of hydrogen-bond acceptors (Lipinski definition) is 8. The molecule has 1 fully saturated rings. The van der Waals surface area contributed by atoms with Crippen molar-refractivity contribution in [2.24, 2.45) is 5.92 Å². The van der Waals surface area contributed by atoms with E-state index in [1.54, 1.807) is 36.4 Å². The van der Waals surface area contributed by atoms with Gasteiger partial charge in [-0.3, -0.25) is 28.8 Å². The Morgan fingerprint density at radius 2 is 1.58 bits per heavy atom. The second kappa shape index (κ2) is 19.2. The number of nitrogens with one attached hydrogen (secondary N) is 5. The van der Waals surface area contributed by atoms with E-state index < -0.39 is 47.5 Å². The van der Waals surface area contributed by atoms with Gasteiger partial charge in [-0.25, -0.2) is 0 Å². The number of rotatable bonds is 6. The van der Waals surface area contributed by atoms with Crippen LogP contribution in [-0.2, 0) is 65.9 Å². The number of methoxy groups -OCH3 is 1. The number of ether oxygens (including phenoxy) is 1. The highest BCUT2D eigenvalue weighted by atomic mass is 16.5. The second-order valence-corrected chi connectivity index (χ2v) is 13.1. The van der Waals surface area contributed by atoms with Gasteiger partial charge in [-0.2, -0.15) is 0 Å². The van der Waals surface area contributed by atoms with Gasteiger partial charge in [0.2, 0.25) is 35.4 Å². The fraction of sp³-hybridized carbons (Fsp3) is 0.385. The van der Waals surface area contributed by atoms with Gasteiger partial charge in [0.05, 0.1) is 25.2 Å². The van der Waals surface area contributed by atoms with E-state index in [0.717, 1.165) is 17.2 Å². The molecule has 2 bridgehead atoms. The minimum Gasteiger partial charge on any atom is -0.469 e. The van der Waals surface area contributed by atoms with E-state index in [0.29, 0.717) is 36.3 Å². The molecule has 0 unspecified atom stereocenters. The average molecular weight is 727 g/mol. The summed E-state index contributed by atoms with van der Waals surface area (Å²) >= 11 is 0. The molecule has 1 saturated heterocycles. The molecule has 3 aromatic rings. The number of piperidine rings is 1. The molecule has 0 spiro atoms. The van der Waals surface area contributed by atoms with Crippen LogP contribution in [0.5, 0.6) is 0 Å². The van der Waals surface area contributed by atoms with Crippen molar-refractivity contribution in [1.82, 2.24) is 31.5 Å². The molecule has 3 heterocycles. The van der Waals surface area contributed by atoms with Crippen LogP contribution in [0.4, 0.5) is 0 Å². The number of nitrogens with zero attached hydrogens (tertiary/aromatic N) is 1. The summed E-state index contributed by atoms with van der Waals surface area (Å²) in [5, 5.41) is 14.2. The normalized spacial score (nSPS) is 21.4. The Labute approximate surface area is 308 Å². The van der Waals surface area contributed by atoms with Crippen molar-refractivity contribution in [3.63, 3.8) is 0 Å². The number of amides is 6. The molecule has 0 radical (unpaired) electrons. The molecule has 53 heavy (non-hydrogen) atoms. The predicted molar refractivity (Wildman–Crippen MR) is 194 cm³/mol. The fourth-order valence-electron chi connectivity index (χ4n) is 6.40. The van der Waals surface area contributed by atoms with Crippen LogP contribution in [0.15, 0.2) is 83.5 Å². The van der Waals surface area contributed by atoms with E-state index >= 15 is 0 Å². The lowest BCUT2D eigenvalue weighted by Crippen LogP contribution is -2.52. The Kier molecular flexibility index (Phi) is 13.9. The van der Waals surface area contributed by atoms with Crippen molar-refractivity contribution in [1.29, 1.82) is 0 Å². The quantitative estimate of drug-likeness (QED) is 0.234. The van der Waals surface area contributed by atoms with Crippen LogP contribution in [0.1, 0.15) is 40.9 Å². The molecule has 2 aliphatic rings. The molecule has 14 heteroatoms. The molecular formula is C39H46N6O8. The first kappa shape index (κ1) is 38.5. The Bertz CT molecular complexity index is 1790. The molecule has 3 atom stereocenters. The van der Waals surface area contributed by atoms with Gasteiger partial charge in [-0.1, -0.05) is 48.5 Å². The van der Waals surface area contributed by atoms with Crippen LogP contribution in [0.2, 0.25) is 0 Å². The van der Waals surface area contributed by atoms with E-state index in [2.05, 4.69) is 26.6 Å². The van der Waals surface area contributed by atoms with Gasteiger partial charge in [0.25, 0.3) is 0 Å². The molecule has 5 rings (SSSR count). The first-order chi connectivity index (χ1) is 25.7. The number of fused-ring (bicyclic) bond motifs is 4. The summed E-state index contributed by atoms with van der Waals surface area (Å²) < 4.78 is 10.6. The van der Waals surface area contributed by atoms with Crippen LogP contribution < -0.4 is 26.6 Å². The van der Waals surface area contributed by atoms with Crippen molar-refractivity contribution in [3.05, 3.63) is 107 Å².